The van der Waals surface area contributed by atoms with Crippen LogP contribution < -0.4 is 14.9 Å². The van der Waals surface area contributed by atoms with Gasteiger partial charge < -0.3 is 10.2 Å². The van der Waals surface area contributed by atoms with E-state index in [1.807, 2.05) is 0 Å². The molecule has 0 atom stereocenters. The smallest absolute Gasteiger partial charge is 0.354 e. The number of fused-ring (bicyclic) bond motifs is 1. The van der Waals surface area contributed by atoms with Crippen molar-refractivity contribution in [2.45, 2.75) is 10.4 Å². The molecule has 0 spiro atoms. The molecule has 6 nitrogen and oxygen atoms in total. The number of piperazine rings is 1. The zero-order valence-electron chi connectivity index (χ0n) is 15.0. The molecule has 154 valence electrons. The molecule has 1 aliphatic rings. The summed E-state index contributed by atoms with van der Waals surface area (Å²) in [4.78, 5) is 6.50. The Kier molecular flexibility index (Phi) is 5.13. The lowest BCUT2D eigenvalue weighted by atomic mass is 10.2. The third-order valence-corrected chi connectivity index (χ3v) is 7.48. The van der Waals surface area contributed by atoms with Crippen molar-refractivity contribution in [1.82, 2.24) is 10.3 Å². The van der Waals surface area contributed by atoms with Gasteiger partial charge in [0.2, 0.25) is 0 Å². The minimum Gasteiger partial charge on any atom is -0.354 e. The van der Waals surface area contributed by atoms with Crippen LogP contribution in [0.1, 0.15) is 5.56 Å². The standard InChI is InChI=1S/C18H17F3N4O2S2/c19-18(20,21)12-2-1-3-13(10-12)24-29(26,27)16-11-14-15(28-16)4-5-23-17(14)25-8-6-22-7-9-25/h1-5,10-11,22,24H,6-9H2. The molecule has 2 N–H and O–H groups in total. The lowest BCUT2D eigenvalue weighted by Gasteiger charge is -2.28. The lowest BCUT2D eigenvalue weighted by Crippen LogP contribution is -2.43. The summed E-state index contributed by atoms with van der Waals surface area (Å²) < 4.78 is 67.3. The number of nitrogens with one attached hydrogen (secondary N) is 2. The summed E-state index contributed by atoms with van der Waals surface area (Å²) in [5.41, 5.74) is -1.06. The molecule has 3 heterocycles. The maximum atomic E-state index is 12.9. The Morgan fingerprint density at radius 1 is 1.14 bits per heavy atom. The molecular formula is C18H17F3N4O2S2. The summed E-state index contributed by atoms with van der Waals surface area (Å²) in [6.45, 7) is 3.13. The van der Waals surface area contributed by atoms with Crippen molar-refractivity contribution in [3.8, 4) is 0 Å². The van der Waals surface area contributed by atoms with Crippen LogP contribution in [0.3, 0.4) is 0 Å². The second-order valence-corrected chi connectivity index (χ2v) is 9.53. The van der Waals surface area contributed by atoms with Crippen LogP contribution in [0.15, 0.2) is 46.8 Å². The summed E-state index contributed by atoms with van der Waals surface area (Å²) in [7, 11) is -4.04. The van der Waals surface area contributed by atoms with Gasteiger partial charge in [0, 0.05) is 48.1 Å². The number of alkyl halides is 3. The summed E-state index contributed by atoms with van der Waals surface area (Å²) in [6, 6.07) is 7.38. The molecule has 1 saturated heterocycles. The van der Waals surface area contributed by atoms with E-state index in [2.05, 4.69) is 19.9 Å². The minimum atomic E-state index is -4.55. The number of anilines is 2. The molecule has 0 amide bonds. The number of hydrogen-bond donors (Lipinski definition) is 2. The van der Waals surface area contributed by atoms with Crippen molar-refractivity contribution < 1.29 is 21.6 Å². The van der Waals surface area contributed by atoms with E-state index in [1.165, 1.54) is 12.1 Å². The van der Waals surface area contributed by atoms with Gasteiger partial charge in [-0.1, -0.05) is 6.07 Å². The number of pyridine rings is 1. The van der Waals surface area contributed by atoms with E-state index in [1.54, 1.807) is 12.3 Å². The second-order valence-electron chi connectivity index (χ2n) is 6.53. The SMILES string of the molecule is O=S(=O)(Nc1cccc(C(F)(F)F)c1)c1cc2c(N3CCNCC3)nccc2s1. The first-order valence-electron chi connectivity index (χ1n) is 8.78. The number of halogens is 3. The van der Waals surface area contributed by atoms with Crippen LogP contribution in [0, 0.1) is 0 Å². The van der Waals surface area contributed by atoms with E-state index in [4.69, 9.17) is 0 Å². The van der Waals surface area contributed by atoms with E-state index >= 15 is 0 Å². The van der Waals surface area contributed by atoms with Crippen molar-refractivity contribution in [2.75, 3.05) is 35.8 Å². The molecule has 2 aromatic heterocycles. The van der Waals surface area contributed by atoms with Crippen molar-refractivity contribution in [3.63, 3.8) is 0 Å². The molecule has 1 aliphatic heterocycles. The van der Waals surface area contributed by atoms with Crippen LogP contribution in [-0.2, 0) is 16.2 Å². The Hall–Kier alpha value is -2.37. The van der Waals surface area contributed by atoms with E-state index < -0.39 is 21.8 Å². The average molecular weight is 442 g/mol. The van der Waals surface area contributed by atoms with Gasteiger partial charge in [-0.05, 0) is 30.3 Å². The fourth-order valence-electron chi connectivity index (χ4n) is 3.15. The molecule has 0 bridgehead atoms. The normalized spacial score (nSPS) is 15.6. The van der Waals surface area contributed by atoms with Gasteiger partial charge in [-0.25, -0.2) is 13.4 Å². The first kappa shape index (κ1) is 19.9. The van der Waals surface area contributed by atoms with E-state index in [0.717, 1.165) is 60.4 Å². The first-order chi connectivity index (χ1) is 13.7. The van der Waals surface area contributed by atoms with Crippen LogP contribution in [0.25, 0.3) is 10.1 Å². The molecule has 0 saturated carbocycles. The number of benzene rings is 1. The maximum Gasteiger partial charge on any atom is 0.416 e. The van der Waals surface area contributed by atoms with Gasteiger partial charge in [-0.3, -0.25) is 4.72 Å². The highest BCUT2D eigenvalue weighted by Gasteiger charge is 2.31. The molecule has 4 rings (SSSR count). The number of rotatable bonds is 4. The zero-order valence-corrected chi connectivity index (χ0v) is 16.7. The molecule has 29 heavy (non-hydrogen) atoms. The third kappa shape index (κ3) is 4.16. The number of nitrogens with zero attached hydrogens (tertiary/aromatic N) is 2. The van der Waals surface area contributed by atoms with Gasteiger partial charge >= 0.3 is 6.18 Å². The van der Waals surface area contributed by atoms with Gasteiger partial charge in [0.05, 0.1) is 5.56 Å². The molecule has 11 heteroatoms. The molecule has 0 radical (unpaired) electrons. The Bertz CT molecular complexity index is 1140. The monoisotopic (exact) mass is 442 g/mol. The molecular weight excluding hydrogens is 425 g/mol. The topological polar surface area (TPSA) is 74.3 Å². The van der Waals surface area contributed by atoms with Crippen molar-refractivity contribution >= 4 is 43.0 Å². The van der Waals surface area contributed by atoms with Gasteiger partial charge in [0.1, 0.15) is 10.0 Å². The van der Waals surface area contributed by atoms with E-state index in [-0.39, 0.29) is 9.90 Å². The Morgan fingerprint density at radius 3 is 2.62 bits per heavy atom. The average Bonchev–Trinajstić information content (AvgIpc) is 3.13. The Morgan fingerprint density at radius 2 is 1.90 bits per heavy atom. The van der Waals surface area contributed by atoms with Crippen LogP contribution in [-0.4, -0.2) is 39.6 Å². The first-order valence-corrected chi connectivity index (χ1v) is 11.1. The quantitative estimate of drug-likeness (QED) is 0.647. The summed E-state index contributed by atoms with van der Waals surface area (Å²) >= 11 is 1.06. The van der Waals surface area contributed by atoms with Gasteiger partial charge in [-0.2, -0.15) is 13.2 Å². The summed E-state index contributed by atoms with van der Waals surface area (Å²) in [5, 5.41) is 3.96. The molecule has 0 unspecified atom stereocenters. The number of thiophene rings is 1. The Labute approximate surface area is 169 Å². The second kappa shape index (κ2) is 7.47. The van der Waals surface area contributed by atoms with E-state index in [9.17, 15) is 21.6 Å². The number of hydrogen-bond acceptors (Lipinski definition) is 6. The highest BCUT2D eigenvalue weighted by molar-refractivity contribution is 7.94. The predicted octanol–water partition coefficient (Wildman–Crippen LogP) is 3.53. The van der Waals surface area contributed by atoms with Crippen molar-refractivity contribution in [2.24, 2.45) is 0 Å². The number of sulfonamides is 1. The highest BCUT2D eigenvalue weighted by Crippen LogP contribution is 2.36. The van der Waals surface area contributed by atoms with Crippen LogP contribution in [0.4, 0.5) is 24.7 Å². The lowest BCUT2D eigenvalue weighted by molar-refractivity contribution is -0.137. The molecule has 1 aromatic carbocycles. The Balaban J connectivity index is 1.67. The van der Waals surface area contributed by atoms with Crippen LogP contribution >= 0.6 is 11.3 Å². The van der Waals surface area contributed by atoms with Crippen LogP contribution in [0.5, 0.6) is 0 Å². The van der Waals surface area contributed by atoms with Gasteiger partial charge in [0.15, 0.2) is 0 Å². The van der Waals surface area contributed by atoms with Gasteiger partial charge in [-0.15, -0.1) is 11.3 Å². The molecule has 1 fully saturated rings. The highest BCUT2D eigenvalue weighted by atomic mass is 32.2. The summed E-state index contributed by atoms with van der Waals surface area (Å²) in [6.07, 6.45) is -2.92. The van der Waals surface area contributed by atoms with Crippen LogP contribution in [0.2, 0.25) is 0 Å². The number of aromatic nitrogens is 1. The summed E-state index contributed by atoms with van der Waals surface area (Å²) in [5.74, 6) is 0.709. The fourth-order valence-corrected chi connectivity index (χ4v) is 5.58. The van der Waals surface area contributed by atoms with E-state index in [0.29, 0.717) is 11.2 Å². The molecule has 0 aliphatic carbocycles. The zero-order chi connectivity index (χ0) is 20.6. The maximum absolute atomic E-state index is 12.9. The largest absolute Gasteiger partial charge is 0.416 e. The third-order valence-electron chi connectivity index (χ3n) is 4.53. The van der Waals surface area contributed by atoms with Crippen molar-refractivity contribution in [3.05, 3.63) is 48.2 Å². The fraction of sp³-hybridized carbons (Fsp3) is 0.278. The van der Waals surface area contributed by atoms with Crippen molar-refractivity contribution in [1.29, 1.82) is 0 Å². The minimum absolute atomic E-state index is 0.0225. The van der Waals surface area contributed by atoms with Gasteiger partial charge in [0.25, 0.3) is 10.0 Å². The molecule has 3 aromatic rings. The predicted molar refractivity (Wildman–Crippen MR) is 107 cm³/mol.